The summed E-state index contributed by atoms with van der Waals surface area (Å²) in [5.74, 6) is -5.52. The van der Waals surface area contributed by atoms with Gasteiger partial charge in [0.25, 0.3) is 0 Å². The van der Waals surface area contributed by atoms with E-state index in [9.17, 15) is 39.6 Å². The van der Waals surface area contributed by atoms with E-state index < -0.39 is 96.0 Å². The predicted octanol–water partition coefficient (Wildman–Crippen LogP) is 3.55. The third-order valence-electron chi connectivity index (χ3n) is 12.5. The van der Waals surface area contributed by atoms with Crippen LogP contribution in [0, 0.1) is 0 Å². The summed E-state index contributed by atoms with van der Waals surface area (Å²) >= 11 is 0. The summed E-state index contributed by atoms with van der Waals surface area (Å²) in [4.78, 5) is 56.0. The Hall–Kier alpha value is -3.84. The van der Waals surface area contributed by atoms with Gasteiger partial charge in [0, 0.05) is 54.8 Å². The van der Waals surface area contributed by atoms with E-state index in [-0.39, 0.29) is 70.6 Å². The molecular formula is C43H55NO15. The van der Waals surface area contributed by atoms with Crippen LogP contribution in [0.2, 0.25) is 0 Å². The summed E-state index contributed by atoms with van der Waals surface area (Å²) in [6, 6.07) is 5.02. The molecule has 0 saturated carbocycles. The Bertz CT molecular complexity index is 1970. The highest BCUT2D eigenvalue weighted by Crippen LogP contribution is 2.54. The lowest BCUT2D eigenvalue weighted by molar-refractivity contribution is -0.314. The van der Waals surface area contributed by atoms with Gasteiger partial charge in [0.05, 0.1) is 60.5 Å². The van der Waals surface area contributed by atoms with Crippen molar-refractivity contribution < 1.29 is 72.8 Å². The number of ether oxygens (including phenoxy) is 7. The van der Waals surface area contributed by atoms with Crippen molar-refractivity contribution in [3.05, 3.63) is 57.6 Å². The molecule has 2 aromatic carbocycles. The largest absolute Gasteiger partial charge is 0.507 e. The van der Waals surface area contributed by atoms with Gasteiger partial charge in [0.2, 0.25) is 5.78 Å². The lowest BCUT2D eigenvalue weighted by Crippen LogP contribution is -2.57. The van der Waals surface area contributed by atoms with Crippen LogP contribution in [0.4, 0.5) is 0 Å². The van der Waals surface area contributed by atoms with E-state index in [0.717, 1.165) is 7.11 Å². The summed E-state index contributed by atoms with van der Waals surface area (Å²) < 4.78 is 43.2. The van der Waals surface area contributed by atoms with Crippen molar-refractivity contribution in [1.29, 1.82) is 0 Å². The number of phenolic OH excluding ortho intramolecular Hbond substituents is 2. The predicted molar refractivity (Wildman–Crippen MR) is 206 cm³/mol. The van der Waals surface area contributed by atoms with Gasteiger partial charge >= 0.3 is 5.97 Å². The zero-order valence-corrected chi connectivity index (χ0v) is 34.4. The second-order valence-electron chi connectivity index (χ2n) is 16.9. The number of fused-ring (bicyclic) bond motifs is 3. The topological polar surface area (TPSA) is 217 Å². The fourth-order valence-corrected chi connectivity index (χ4v) is 9.56. The Morgan fingerprint density at radius 2 is 1.54 bits per heavy atom. The number of hydrogen-bond acceptors (Lipinski definition) is 16. The van der Waals surface area contributed by atoms with Gasteiger partial charge in [-0.3, -0.25) is 19.2 Å². The van der Waals surface area contributed by atoms with E-state index in [1.807, 2.05) is 39.8 Å². The maximum atomic E-state index is 14.0. The molecule has 3 aliphatic heterocycles. The maximum Gasteiger partial charge on any atom is 0.316 e. The average Bonchev–Trinajstić information content (AvgIpc) is 3.16. The molecule has 2 aromatic rings. The highest BCUT2D eigenvalue weighted by Gasteiger charge is 2.54. The van der Waals surface area contributed by atoms with Gasteiger partial charge in [-0.15, -0.1) is 0 Å². The minimum absolute atomic E-state index is 0.0416. The summed E-state index contributed by atoms with van der Waals surface area (Å²) in [7, 11) is 4.90. The summed E-state index contributed by atoms with van der Waals surface area (Å²) in [6.45, 7) is 6.85. The highest BCUT2D eigenvalue weighted by atomic mass is 16.7. The summed E-state index contributed by atoms with van der Waals surface area (Å²) in [5.41, 5.74) is -3.18. The van der Waals surface area contributed by atoms with Gasteiger partial charge in [0.1, 0.15) is 29.3 Å². The van der Waals surface area contributed by atoms with Crippen LogP contribution in [0.3, 0.4) is 0 Å². The highest BCUT2D eigenvalue weighted by molar-refractivity contribution is 6.30. The zero-order chi connectivity index (χ0) is 42.7. The number of benzene rings is 2. The normalized spacial score (nSPS) is 35.8. The number of aromatic hydroxyl groups is 2. The second kappa shape index (κ2) is 16.9. The minimum atomic E-state index is -2.10. The quantitative estimate of drug-likeness (QED) is 0.215. The zero-order valence-electron chi connectivity index (χ0n) is 34.4. The second-order valence-corrected chi connectivity index (χ2v) is 16.9. The molecule has 0 amide bonds. The van der Waals surface area contributed by atoms with Crippen molar-refractivity contribution in [2.75, 3.05) is 21.2 Å². The lowest BCUT2D eigenvalue weighted by atomic mass is 9.66. The fraction of sp³-hybridized carbons (Fsp3) is 0.628. The standard InChI is InChI=1S/C43H55NO15/c1-19(45)17-43(52)18-30(35-24(37(43)42(51)53-7)15-25-36(40(35)50)39(49)34-23(38(25)48)9-8-10-28(34)47)58-33-16-26(44(5)6)41(22(4)56-33)59-32-14-12-29(21(3)55-32)57-31-13-11-27(46)20(2)54-31/h8-10,15,20-22,26-27,29-33,37,41,46-47,50,52H,11-14,16-18H2,1-7H3/t20-,21-,22-,26-,27-,29-,30-,31-,32-,33-,37-,41+,43+/m0/s1. The summed E-state index contributed by atoms with van der Waals surface area (Å²) in [6.07, 6.45) is -3.91. The lowest BCUT2D eigenvalue weighted by Gasteiger charge is -2.48. The Kier molecular flexibility index (Phi) is 12.4. The molecular weight excluding hydrogens is 770 g/mol. The van der Waals surface area contributed by atoms with Crippen molar-refractivity contribution >= 4 is 23.3 Å². The van der Waals surface area contributed by atoms with Gasteiger partial charge in [0.15, 0.2) is 24.7 Å². The molecule has 16 heteroatoms. The molecule has 0 unspecified atom stereocenters. The SMILES string of the molecule is COC(=O)[C@@H]1c2cc3c(c(O)c2[C@@H](O[C@H]2C[C@H](N(C)C)[C@H](O[C@H]4CC[C@H](O[C@H]5CC[C@H](O)[C@H](C)O5)[C@H](C)O4)[C@H](C)O2)C[C@]1(O)CC(C)=O)C(=O)c1c(O)cccc1C3=O. The number of rotatable bonds is 10. The molecule has 59 heavy (non-hydrogen) atoms. The third kappa shape index (κ3) is 8.19. The van der Waals surface area contributed by atoms with Crippen molar-refractivity contribution in [2.45, 2.75) is 152 Å². The molecule has 0 spiro atoms. The van der Waals surface area contributed by atoms with Crippen molar-refractivity contribution in [3.8, 4) is 11.5 Å². The molecule has 5 aliphatic rings. The first-order valence-corrected chi connectivity index (χ1v) is 20.3. The maximum absolute atomic E-state index is 14.0. The summed E-state index contributed by atoms with van der Waals surface area (Å²) in [5, 5.41) is 44.9. The number of nitrogens with zero attached hydrogens (tertiary/aromatic N) is 1. The van der Waals surface area contributed by atoms with Crippen LogP contribution in [0.25, 0.3) is 0 Å². The number of phenols is 2. The van der Waals surface area contributed by atoms with Gasteiger partial charge < -0.3 is 58.5 Å². The minimum Gasteiger partial charge on any atom is -0.507 e. The van der Waals surface area contributed by atoms with Crippen LogP contribution >= 0.6 is 0 Å². The Labute approximate surface area is 342 Å². The molecule has 13 atom stereocenters. The Morgan fingerprint density at radius 3 is 2.20 bits per heavy atom. The number of carbonyl (C=O) groups is 4. The first-order valence-electron chi connectivity index (χ1n) is 20.3. The first-order chi connectivity index (χ1) is 27.9. The van der Waals surface area contributed by atoms with Crippen molar-refractivity contribution in [3.63, 3.8) is 0 Å². The molecule has 3 saturated heterocycles. The van der Waals surface area contributed by atoms with E-state index in [0.29, 0.717) is 25.7 Å². The van der Waals surface area contributed by atoms with Crippen molar-refractivity contribution in [2.24, 2.45) is 0 Å². The number of Topliss-reactive ketones (excluding diaryl/α,β-unsaturated/α-hetero) is 1. The van der Waals surface area contributed by atoms with Gasteiger partial charge in [-0.05, 0) is 72.3 Å². The Balaban J connectivity index is 1.15. The average molecular weight is 826 g/mol. The van der Waals surface area contributed by atoms with E-state index in [4.69, 9.17) is 33.2 Å². The number of methoxy groups -OCH3 is 1. The molecule has 3 fully saturated rings. The van der Waals surface area contributed by atoms with Gasteiger partial charge in [-0.2, -0.15) is 0 Å². The van der Waals surface area contributed by atoms with E-state index in [1.54, 1.807) is 0 Å². The van der Waals surface area contributed by atoms with Crippen LogP contribution in [0.1, 0.15) is 128 Å². The number of likely N-dealkylation sites (N-methyl/N-ethyl adjacent to an activating group) is 1. The molecule has 0 aromatic heterocycles. The van der Waals surface area contributed by atoms with Gasteiger partial charge in [-0.1, -0.05) is 12.1 Å². The molecule has 4 N–H and O–H groups in total. The number of aliphatic hydroxyl groups excluding tert-OH is 1. The molecule has 16 nitrogen and oxygen atoms in total. The first kappa shape index (κ1) is 43.3. The van der Waals surface area contributed by atoms with Crippen LogP contribution in [0.5, 0.6) is 11.5 Å². The third-order valence-corrected chi connectivity index (χ3v) is 12.5. The Morgan fingerprint density at radius 1 is 0.864 bits per heavy atom. The molecule has 7 rings (SSSR count). The number of esters is 1. The molecule has 0 radical (unpaired) electrons. The monoisotopic (exact) mass is 825 g/mol. The van der Waals surface area contributed by atoms with Crippen LogP contribution in [-0.4, -0.2) is 137 Å². The molecule has 322 valence electrons. The molecule has 3 heterocycles. The number of ketones is 3. The van der Waals surface area contributed by atoms with E-state index in [2.05, 4.69) is 0 Å². The molecule has 0 bridgehead atoms. The van der Waals surface area contributed by atoms with Gasteiger partial charge in [-0.25, -0.2) is 0 Å². The van der Waals surface area contributed by atoms with E-state index >= 15 is 0 Å². The number of hydrogen-bond donors (Lipinski definition) is 4. The van der Waals surface area contributed by atoms with Crippen LogP contribution in [-0.2, 0) is 42.7 Å². The molecule has 2 aliphatic carbocycles. The van der Waals surface area contributed by atoms with Crippen LogP contribution < -0.4 is 0 Å². The van der Waals surface area contributed by atoms with E-state index in [1.165, 1.54) is 31.2 Å². The number of carbonyl (C=O) groups excluding carboxylic acids is 4. The van der Waals surface area contributed by atoms with Crippen molar-refractivity contribution in [1.82, 2.24) is 4.90 Å². The fourth-order valence-electron chi connectivity index (χ4n) is 9.56. The smallest absolute Gasteiger partial charge is 0.316 e. The number of aliphatic hydroxyl groups is 2. The van der Waals surface area contributed by atoms with Crippen LogP contribution in [0.15, 0.2) is 24.3 Å².